The van der Waals surface area contributed by atoms with Gasteiger partial charge in [0.2, 0.25) is 5.95 Å². The first-order valence-electron chi connectivity index (χ1n) is 16.9. The summed E-state index contributed by atoms with van der Waals surface area (Å²) in [4.78, 5) is 15.2. The molecule has 0 spiro atoms. The summed E-state index contributed by atoms with van der Waals surface area (Å²) in [6, 6.07) is 54.0. The number of nitrogens with zero attached hydrogens (tertiary/aromatic N) is 4. The topological polar surface area (TPSA) is 69.9 Å². The summed E-state index contributed by atoms with van der Waals surface area (Å²) in [5, 5.41) is 6.61. The van der Waals surface area contributed by atoms with E-state index in [0.717, 1.165) is 87.9 Å². The third kappa shape index (κ3) is 4.33. The van der Waals surface area contributed by atoms with Crippen LogP contribution in [0.1, 0.15) is 0 Å². The zero-order valence-corrected chi connectivity index (χ0v) is 27.1. The highest BCUT2D eigenvalue weighted by atomic mass is 16.3. The predicted molar refractivity (Wildman–Crippen MR) is 205 cm³/mol. The maximum atomic E-state index is 6.56. The van der Waals surface area contributed by atoms with Crippen LogP contribution in [-0.4, -0.2) is 19.5 Å². The lowest BCUT2D eigenvalue weighted by atomic mass is 10.0. The van der Waals surface area contributed by atoms with Gasteiger partial charge in [0.1, 0.15) is 22.3 Å². The predicted octanol–water partition coefficient (Wildman–Crippen LogP) is 11.8. The Bertz CT molecular complexity index is 3100. The number of furan rings is 2. The molecule has 0 saturated carbocycles. The van der Waals surface area contributed by atoms with E-state index in [1.54, 1.807) is 0 Å². The van der Waals surface area contributed by atoms with Crippen LogP contribution >= 0.6 is 0 Å². The largest absolute Gasteiger partial charge is 0.456 e. The number of para-hydroxylation sites is 3. The highest BCUT2D eigenvalue weighted by Gasteiger charge is 2.19. The molecule has 51 heavy (non-hydrogen) atoms. The number of hydrogen-bond donors (Lipinski definition) is 0. The van der Waals surface area contributed by atoms with Crippen molar-refractivity contribution >= 4 is 65.7 Å². The Kier molecular flexibility index (Phi) is 5.86. The van der Waals surface area contributed by atoms with E-state index >= 15 is 0 Å². The molecule has 4 heterocycles. The fourth-order valence-electron chi connectivity index (χ4n) is 7.45. The third-order valence-corrected chi connectivity index (χ3v) is 9.88. The van der Waals surface area contributed by atoms with Crippen LogP contribution in [-0.2, 0) is 0 Å². The lowest BCUT2D eigenvalue weighted by molar-refractivity contribution is 0.669. The van der Waals surface area contributed by atoms with Crippen LogP contribution < -0.4 is 0 Å². The van der Waals surface area contributed by atoms with E-state index in [1.165, 1.54) is 0 Å². The lowest BCUT2D eigenvalue weighted by Gasteiger charge is -2.10. The molecule has 7 aromatic carbocycles. The number of fused-ring (bicyclic) bond motifs is 9. The van der Waals surface area contributed by atoms with Crippen LogP contribution in [0.15, 0.2) is 167 Å². The summed E-state index contributed by atoms with van der Waals surface area (Å²) in [6.07, 6.45) is 0. The fourth-order valence-corrected chi connectivity index (χ4v) is 7.45. The average Bonchev–Trinajstić information content (AvgIpc) is 3.86. The molecule has 0 radical (unpaired) electrons. The quantitative estimate of drug-likeness (QED) is 0.189. The Labute approximate surface area is 290 Å². The first kappa shape index (κ1) is 27.9. The zero-order chi connectivity index (χ0) is 33.5. The lowest BCUT2D eigenvalue weighted by Crippen LogP contribution is -2.06. The van der Waals surface area contributed by atoms with Crippen molar-refractivity contribution in [1.29, 1.82) is 0 Å². The van der Waals surface area contributed by atoms with Gasteiger partial charge in [0.25, 0.3) is 0 Å². The number of rotatable bonds is 4. The first-order valence-corrected chi connectivity index (χ1v) is 16.9. The monoisotopic (exact) mass is 654 g/mol. The summed E-state index contributed by atoms with van der Waals surface area (Å²) in [6.45, 7) is 0. The van der Waals surface area contributed by atoms with Gasteiger partial charge in [0.05, 0.1) is 11.0 Å². The summed E-state index contributed by atoms with van der Waals surface area (Å²) >= 11 is 0. The van der Waals surface area contributed by atoms with E-state index in [9.17, 15) is 0 Å². The molecule has 6 nitrogen and oxygen atoms in total. The van der Waals surface area contributed by atoms with Gasteiger partial charge < -0.3 is 8.83 Å². The number of aromatic nitrogens is 4. The highest BCUT2D eigenvalue weighted by molar-refractivity contribution is 6.10. The van der Waals surface area contributed by atoms with Crippen LogP contribution in [0, 0.1) is 0 Å². The molecule has 0 unspecified atom stereocenters. The summed E-state index contributed by atoms with van der Waals surface area (Å²) in [5.41, 5.74) is 9.40. The van der Waals surface area contributed by atoms with Crippen molar-refractivity contribution in [1.82, 2.24) is 19.5 Å². The molecule has 0 aliphatic carbocycles. The Morgan fingerprint density at radius 3 is 1.59 bits per heavy atom. The van der Waals surface area contributed by atoms with Crippen molar-refractivity contribution in [2.45, 2.75) is 0 Å². The van der Waals surface area contributed by atoms with Crippen LogP contribution in [0.25, 0.3) is 106 Å². The summed E-state index contributed by atoms with van der Waals surface area (Å²) < 4.78 is 14.8. The average molecular weight is 655 g/mol. The van der Waals surface area contributed by atoms with Gasteiger partial charge in [0, 0.05) is 43.4 Å². The van der Waals surface area contributed by atoms with Gasteiger partial charge >= 0.3 is 0 Å². The molecule has 6 heteroatoms. The molecule has 0 bridgehead atoms. The molecule has 0 aliphatic heterocycles. The third-order valence-electron chi connectivity index (χ3n) is 9.88. The normalized spacial score (nSPS) is 11.9. The van der Waals surface area contributed by atoms with Crippen molar-refractivity contribution in [2.75, 3.05) is 0 Å². The molecule has 0 amide bonds. The molecular weight excluding hydrogens is 629 g/mol. The zero-order valence-electron chi connectivity index (χ0n) is 27.1. The second-order valence-corrected chi connectivity index (χ2v) is 12.9. The Hall–Kier alpha value is -7.05. The smallest absolute Gasteiger partial charge is 0.238 e. The van der Waals surface area contributed by atoms with Crippen LogP contribution in [0.5, 0.6) is 0 Å². The van der Waals surface area contributed by atoms with Gasteiger partial charge in [-0.25, -0.2) is 4.98 Å². The second-order valence-electron chi connectivity index (χ2n) is 12.9. The molecule has 0 fully saturated rings. The van der Waals surface area contributed by atoms with Gasteiger partial charge in [-0.3, -0.25) is 4.57 Å². The molecule has 0 N–H and O–H groups in total. The van der Waals surface area contributed by atoms with Crippen LogP contribution in [0.2, 0.25) is 0 Å². The van der Waals surface area contributed by atoms with E-state index in [4.69, 9.17) is 23.8 Å². The minimum atomic E-state index is 0.563. The van der Waals surface area contributed by atoms with Crippen LogP contribution in [0.4, 0.5) is 0 Å². The van der Waals surface area contributed by atoms with Crippen molar-refractivity contribution in [3.8, 4) is 39.9 Å². The SMILES string of the molecule is c1ccc(-c2nc(-c3ccc4c(c3)oc3cc(-c5ccc6oc7ccccc7c6c5)ccc34)nc(-n3c4ccccc4c4ccccc43)n2)cc1. The standard InChI is InChI=1S/C45H26N4O2/c1-2-10-27(11-3-1)43-46-44(48-45(47-43)49-37-15-7-4-12-31(37)32-13-5-8-16-38(32)49)30-19-22-35-34-21-18-29(25-41(34)51-42(35)26-30)28-20-23-40-36(24-28)33-14-6-9-17-39(33)50-40/h1-26H. The van der Waals surface area contributed by atoms with Gasteiger partial charge in [-0.05, 0) is 65.7 Å². The van der Waals surface area contributed by atoms with E-state index in [0.29, 0.717) is 17.6 Å². The highest BCUT2D eigenvalue weighted by Crippen LogP contribution is 2.37. The fraction of sp³-hybridized carbons (Fsp3) is 0. The Morgan fingerprint density at radius 2 is 0.843 bits per heavy atom. The van der Waals surface area contributed by atoms with E-state index in [1.807, 2.05) is 60.7 Å². The van der Waals surface area contributed by atoms with Gasteiger partial charge in [-0.15, -0.1) is 0 Å². The van der Waals surface area contributed by atoms with E-state index in [2.05, 4.69) is 102 Å². The minimum absolute atomic E-state index is 0.563. The van der Waals surface area contributed by atoms with Crippen molar-refractivity contribution in [3.05, 3.63) is 158 Å². The molecule has 0 atom stereocenters. The van der Waals surface area contributed by atoms with Crippen LogP contribution in [0.3, 0.4) is 0 Å². The minimum Gasteiger partial charge on any atom is -0.456 e. The summed E-state index contributed by atoms with van der Waals surface area (Å²) in [7, 11) is 0. The van der Waals surface area contributed by atoms with Crippen molar-refractivity contribution < 1.29 is 8.83 Å². The molecule has 238 valence electrons. The molecule has 4 aromatic heterocycles. The maximum absolute atomic E-state index is 6.56. The van der Waals surface area contributed by atoms with E-state index < -0.39 is 0 Å². The molecular formula is C45H26N4O2. The number of hydrogen-bond acceptors (Lipinski definition) is 5. The molecule has 0 saturated heterocycles. The first-order chi connectivity index (χ1) is 25.2. The summed E-state index contributed by atoms with van der Waals surface area (Å²) in [5.74, 6) is 1.74. The molecule has 0 aliphatic rings. The van der Waals surface area contributed by atoms with Crippen molar-refractivity contribution in [3.63, 3.8) is 0 Å². The molecule has 11 rings (SSSR count). The Balaban J connectivity index is 1.06. The maximum Gasteiger partial charge on any atom is 0.238 e. The van der Waals surface area contributed by atoms with Gasteiger partial charge in [-0.2, -0.15) is 9.97 Å². The van der Waals surface area contributed by atoms with Crippen molar-refractivity contribution in [2.24, 2.45) is 0 Å². The number of benzene rings is 7. The second kappa shape index (κ2) is 10.7. The van der Waals surface area contributed by atoms with E-state index in [-0.39, 0.29) is 0 Å². The Morgan fingerprint density at radius 1 is 0.333 bits per heavy atom. The molecule has 11 aromatic rings. The van der Waals surface area contributed by atoms with Gasteiger partial charge in [0.15, 0.2) is 11.6 Å². The van der Waals surface area contributed by atoms with Gasteiger partial charge in [-0.1, -0.05) is 103 Å².